The van der Waals surface area contributed by atoms with Crippen molar-refractivity contribution in [2.75, 3.05) is 6.54 Å². The molecule has 0 fully saturated rings. The van der Waals surface area contributed by atoms with E-state index >= 15 is 0 Å². The topological polar surface area (TPSA) is 98.3 Å². The van der Waals surface area contributed by atoms with Crippen LogP contribution in [0.5, 0.6) is 0 Å². The van der Waals surface area contributed by atoms with Gasteiger partial charge in [0, 0.05) is 29.6 Å². The van der Waals surface area contributed by atoms with Crippen LogP contribution in [-0.4, -0.2) is 22.4 Å². The normalized spacial score (nSPS) is 11.8. The minimum Gasteiger partial charge on any atom is -0.444 e. The summed E-state index contributed by atoms with van der Waals surface area (Å²) in [6.07, 6.45) is 1.75. The Labute approximate surface area is 192 Å². The van der Waals surface area contributed by atoms with Gasteiger partial charge in [0.2, 0.25) is 11.8 Å². The number of rotatable bonds is 8. The van der Waals surface area contributed by atoms with E-state index < -0.39 is 4.92 Å². The molecule has 162 valence electrons. The lowest BCUT2D eigenvalue weighted by Crippen LogP contribution is -2.30. The molecule has 1 amide bonds. The van der Waals surface area contributed by atoms with Crippen LogP contribution in [0.4, 0.5) is 5.69 Å². The van der Waals surface area contributed by atoms with Gasteiger partial charge < -0.3 is 9.73 Å². The molecule has 0 aliphatic rings. The number of hydrogen-bond acceptors (Lipinski definition) is 6. The summed E-state index contributed by atoms with van der Waals surface area (Å²) in [6, 6.07) is 17.2. The van der Waals surface area contributed by atoms with Gasteiger partial charge in [-0.05, 0) is 34.7 Å². The standard InChI is InChI=1S/C23H18ClN3O4S/c24-17-4-1-3-15(11-17)12-22(28)25-13-19(16-6-8-18(9-7-16)27(29)30)20-14-31-23(26-20)21-5-2-10-32-21/h1-11,14,19H,12-13H2,(H,25,28)/t19-/m0/s1. The van der Waals surface area contributed by atoms with Gasteiger partial charge in [0.25, 0.3) is 5.69 Å². The van der Waals surface area contributed by atoms with Crippen LogP contribution in [0, 0.1) is 10.1 Å². The van der Waals surface area contributed by atoms with Crippen LogP contribution in [0.25, 0.3) is 10.8 Å². The predicted molar refractivity (Wildman–Crippen MR) is 123 cm³/mol. The van der Waals surface area contributed by atoms with Gasteiger partial charge in [-0.25, -0.2) is 4.98 Å². The van der Waals surface area contributed by atoms with Crippen LogP contribution in [-0.2, 0) is 11.2 Å². The third-order valence-corrected chi connectivity index (χ3v) is 5.97. The van der Waals surface area contributed by atoms with Crippen LogP contribution in [0.2, 0.25) is 5.02 Å². The largest absolute Gasteiger partial charge is 0.444 e. The maximum absolute atomic E-state index is 12.5. The second-order valence-electron chi connectivity index (χ2n) is 7.07. The Kier molecular flexibility index (Phi) is 6.63. The monoisotopic (exact) mass is 467 g/mol. The molecule has 2 aromatic heterocycles. The molecule has 4 rings (SSSR count). The average molecular weight is 468 g/mol. The van der Waals surface area contributed by atoms with Gasteiger partial charge in [-0.2, -0.15) is 0 Å². The minimum absolute atomic E-state index is 0.00285. The number of amides is 1. The molecule has 0 radical (unpaired) electrons. The van der Waals surface area contributed by atoms with Gasteiger partial charge in [0.15, 0.2) is 0 Å². The molecule has 1 N–H and O–H groups in total. The maximum Gasteiger partial charge on any atom is 0.269 e. The summed E-state index contributed by atoms with van der Waals surface area (Å²) in [6.45, 7) is 0.258. The Hall–Kier alpha value is -3.49. The summed E-state index contributed by atoms with van der Waals surface area (Å²) in [7, 11) is 0. The fraction of sp³-hybridized carbons (Fsp3) is 0.130. The van der Waals surface area contributed by atoms with Crippen LogP contribution in [0.1, 0.15) is 22.7 Å². The lowest BCUT2D eigenvalue weighted by atomic mass is 9.95. The molecule has 32 heavy (non-hydrogen) atoms. The number of halogens is 1. The molecule has 2 aromatic carbocycles. The summed E-state index contributed by atoms with van der Waals surface area (Å²) >= 11 is 7.51. The molecule has 0 saturated heterocycles. The molecule has 0 saturated carbocycles. The fourth-order valence-corrected chi connectivity index (χ4v) is 4.16. The highest BCUT2D eigenvalue weighted by atomic mass is 35.5. The van der Waals surface area contributed by atoms with E-state index in [-0.39, 0.29) is 30.5 Å². The molecule has 4 aromatic rings. The SMILES string of the molecule is O=C(Cc1cccc(Cl)c1)NC[C@@H](c1ccc([N+](=O)[O-])cc1)c1coc(-c2cccs2)n1. The van der Waals surface area contributed by atoms with Crippen molar-refractivity contribution in [2.24, 2.45) is 0 Å². The van der Waals surface area contributed by atoms with Crippen molar-refractivity contribution in [2.45, 2.75) is 12.3 Å². The van der Waals surface area contributed by atoms with Gasteiger partial charge in [-0.1, -0.05) is 41.9 Å². The summed E-state index contributed by atoms with van der Waals surface area (Å²) in [5.41, 5.74) is 2.22. The molecule has 2 heterocycles. The van der Waals surface area contributed by atoms with Crippen molar-refractivity contribution >= 4 is 34.5 Å². The van der Waals surface area contributed by atoms with Crippen molar-refractivity contribution in [3.05, 3.63) is 104 Å². The van der Waals surface area contributed by atoms with E-state index in [0.29, 0.717) is 16.6 Å². The van der Waals surface area contributed by atoms with Gasteiger partial charge in [0.05, 0.1) is 21.9 Å². The first-order chi connectivity index (χ1) is 15.5. The molecule has 9 heteroatoms. The predicted octanol–water partition coefficient (Wildman–Crippen LogP) is 5.46. The van der Waals surface area contributed by atoms with Crippen LogP contribution < -0.4 is 5.32 Å². The number of nitrogens with zero attached hydrogens (tertiary/aromatic N) is 2. The Balaban J connectivity index is 1.54. The Morgan fingerprint density at radius 2 is 2.00 bits per heavy atom. The molecular weight excluding hydrogens is 450 g/mol. The lowest BCUT2D eigenvalue weighted by Gasteiger charge is -2.16. The number of oxazole rings is 1. The van der Waals surface area contributed by atoms with E-state index in [0.717, 1.165) is 16.0 Å². The van der Waals surface area contributed by atoms with Crippen molar-refractivity contribution < 1.29 is 14.1 Å². The fourth-order valence-electron chi connectivity index (χ4n) is 3.29. The number of benzene rings is 2. The lowest BCUT2D eigenvalue weighted by molar-refractivity contribution is -0.384. The van der Waals surface area contributed by atoms with E-state index in [1.165, 1.54) is 23.5 Å². The second-order valence-corrected chi connectivity index (χ2v) is 8.45. The third kappa shape index (κ3) is 5.22. The Morgan fingerprint density at radius 1 is 1.19 bits per heavy atom. The van der Waals surface area contributed by atoms with E-state index in [1.54, 1.807) is 36.6 Å². The van der Waals surface area contributed by atoms with E-state index in [4.69, 9.17) is 16.0 Å². The van der Waals surface area contributed by atoms with E-state index in [1.807, 2.05) is 23.6 Å². The molecule has 1 atom stereocenters. The summed E-state index contributed by atoms with van der Waals surface area (Å²) < 4.78 is 5.65. The first kappa shape index (κ1) is 21.7. The zero-order valence-corrected chi connectivity index (χ0v) is 18.3. The average Bonchev–Trinajstić information content (AvgIpc) is 3.46. The number of nitro benzene ring substituents is 1. The van der Waals surface area contributed by atoms with Crippen LogP contribution in [0.15, 0.2) is 76.7 Å². The van der Waals surface area contributed by atoms with Crippen LogP contribution >= 0.6 is 22.9 Å². The summed E-state index contributed by atoms with van der Waals surface area (Å²) in [4.78, 5) is 28.6. The number of thiophene rings is 1. The van der Waals surface area contributed by atoms with Crippen molar-refractivity contribution in [3.63, 3.8) is 0 Å². The number of non-ortho nitro benzene ring substituents is 1. The third-order valence-electron chi connectivity index (χ3n) is 4.87. The molecule has 0 spiro atoms. The molecule has 0 bridgehead atoms. The zero-order chi connectivity index (χ0) is 22.5. The van der Waals surface area contributed by atoms with Gasteiger partial charge in [-0.15, -0.1) is 11.3 Å². The number of nitro groups is 1. The Morgan fingerprint density at radius 3 is 2.69 bits per heavy atom. The summed E-state index contributed by atoms with van der Waals surface area (Å²) in [5, 5.41) is 16.5. The first-order valence-electron chi connectivity index (χ1n) is 9.74. The summed E-state index contributed by atoms with van der Waals surface area (Å²) in [5.74, 6) is -0.00935. The zero-order valence-electron chi connectivity index (χ0n) is 16.7. The highest BCUT2D eigenvalue weighted by molar-refractivity contribution is 7.13. The maximum atomic E-state index is 12.5. The molecule has 0 aliphatic heterocycles. The van der Waals surface area contributed by atoms with Crippen molar-refractivity contribution in [1.29, 1.82) is 0 Å². The van der Waals surface area contributed by atoms with Gasteiger partial charge in [-0.3, -0.25) is 14.9 Å². The molecule has 0 unspecified atom stereocenters. The quantitative estimate of drug-likeness (QED) is 0.274. The van der Waals surface area contributed by atoms with E-state index in [2.05, 4.69) is 10.3 Å². The smallest absolute Gasteiger partial charge is 0.269 e. The number of carbonyl (C=O) groups excluding carboxylic acids is 1. The molecule has 7 nitrogen and oxygen atoms in total. The van der Waals surface area contributed by atoms with Crippen LogP contribution in [0.3, 0.4) is 0 Å². The first-order valence-corrected chi connectivity index (χ1v) is 11.0. The number of hydrogen-bond donors (Lipinski definition) is 1. The van der Waals surface area contributed by atoms with Crippen molar-refractivity contribution in [3.8, 4) is 10.8 Å². The number of carbonyl (C=O) groups is 1. The highest BCUT2D eigenvalue weighted by Gasteiger charge is 2.21. The van der Waals surface area contributed by atoms with Crippen molar-refractivity contribution in [1.82, 2.24) is 10.3 Å². The minimum atomic E-state index is -0.448. The van der Waals surface area contributed by atoms with E-state index in [9.17, 15) is 14.9 Å². The number of aromatic nitrogens is 1. The van der Waals surface area contributed by atoms with Gasteiger partial charge in [0.1, 0.15) is 6.26 Å². The molecule has 0 aliphatic carbocycles. The molecular formula is C23H18ClN3O4S. The number of nitrogens with one attached hydrogen (secondary N) is 1. The highest BCUT2D eigenvalue weighted by Crippen LogP contribution is 2.30. The van der Waals surface area contributed by atoms with Gasteiger partial charge >= 0.3 is 0 Å². The Bertz CT molecular complexity index is 1220. The second kappa shape index (κ2) is 9.76.